The first-order chi connectivity index (χ1) is 4.33. The van der Waals surface area contributed by atoms with Gasteiger partial charge in [0, 0.05) is 0 Å². The second-order valence-corrected chi connectivity index (χ2v) is 11.2. The molecular formula is C7H14GeO. The van der Waals surface area contributed by atoms with Crippen molar-refractivity contribution in [3.05, 3.63) is 11.0 Å². The van der Waals surface area contributed by atoms with Crippen LogP contribution in [-0.4, -0.2) is 20.2 Å². The molecule has 0 saturated carbocycles. The third-order valence-corrected chi connectivity index (χ3v) is 10.4. The van der Waals surface area contributed by atoms with Crippen molar-refractivity contribution >= 4 is 13.6 Å². The molecule has 0 atom stereocenters. The third-order valence-electron chi connectivity index (χ3n) is 2.09. The molecule has 1 heterocycles. The summed E-state index contributed by atoms with van der Waals surface area (Å²) in [5.41, 5.74) is 0. The van der Waals surface area contributed by atoms with E-state index in [1.807, 2.05) is 0 Å². The summed E-state index contributed by atoms with van der Waals surface area (Å²) in [6.07, 6.45) is 2.19. The molecule has 0 fully saturated rings. The van der Waals surface area contributed by atoms with Crippen LogP contribution in [0.25, 0.3) is 0 Å². The second-order valence-electron chi connectivity index (χ2n) is 2.49. The zero-order chi connectivity index (χ0) is 6.74. The van der Waals surface area contributed by atoms with Gasteiger partial charge in [-0.1, -0.05) is 0 Å². The van der Waals surface area contributed by atoms with Crippen molar-refractivity contribution in [2.75, 3.05) is 6.61 Å². The van der Waals surface area contributed by atoms with Gasteiger partial charge in [0.1, 0.15) is 0 Å². The zero-order valence-corrected chi connectivity index (χ0v) is 8.28. The van der Waals surface area contributed by atoms with Gasteiger partial charge in [-0.25, -0.2) is 0 Å². The van der Waals surface area contributed by atoms with Crippen molar-refractivity contribution < 1.29 is 3.76 Å². The van der Waals surface area contributed by atoms with E-state index >= 15 is 0 Å². The molecule has 1 aliphatic heterocycles. The summed E-state index contributed by atoms with van der Waals surface area (Å²) in [7, 11) is 0. The van der Waals surface area contributed by atoms with Crippen LogP contribution in [0, 0.1) is 0 Å². The van der Waals surface area contributed by atoms with Gasteiger partial charge in [0.15, 0.2) is 0 Å². The quantitative estimate of drug-likeness (QED) is 0.601. The predicted octanol–water partition coefficient (Wildman–Crippen LogP) is 2.10. The Labute approximate surface area is 59.8 Å². The minimum atomic E-state index is -1.74. The van der Waals surface area contributed by atoms with Gasteiger partial charge in [0.05, 0.1) is 0 Å². The van der Waals surface area contributed by atoms with E-state index < -0.39 is 13.6 Å². The average molecular weight is 187 g/mol. The molecule has 0 aromatic carbocycles. The standard InChI is InChI=1S/C7H14GeO/c1-3-8(4-2)6-5-7-9-8/h5-6H,3-4,7H2,1-2H3. The van der Waals surface area contributed by atoms with Gasteiger partial charge >= 0.3 is 59.3 Å². The van der Waals surface area contributed by atoms with E-state index in [9.17, 15) is 0 Å². The van der Waals surface area contributed by atoms with Gasteiger partial charge in [-0.2, -0.15) is 0 Å². The first-order valence-corrected chi connectivity index (χ1v) is 8.68. The zero-order valence-electron chi connectivity index (χ0n) is 6.18. The Hall–Kier alpha value is 0.243. The Morgan fingerprint density at radius 2 is 2.11 bits per heavy atom. The molecule has 1 nitrogen and oxygen atoms in total. The molecule has 0 aliphatic carbocycles. The molecule has 0 aromatic rings. The summed E-state index contributed by atoms with van der Waals surface area (Å²) in [6.45, 7) is 5.39. The first-order valence-electron chi connectivity index (χ1n) is 3.64. The normalized spacial score (nSPS) is 22.9. The maximum absolute atomic E-state index is 5.72. The molecule has 0 N–H and O–H groups in total. The monoisotopic (exact) mass is 188 g/mol. The molecule has 0 bridgehead atoms. The molecule has 1 aliphatic rings. The fourth-order valence-corrected chi connectivity index (χ4v) is 6.31. The summed E-state index contributed by atoms with van der Waals surface area (Å²) in [6, 6.07) is 0. The van der Waals surface area contributed by atoms with Crippen molar-refractivity contribution in [1.82, 2.24) is 0 Å². The van der Waals surface area contributed by atoms with Gasteiger partial charge in [-0.05, 0) is 0 Å². The van der Waals surface area contributed by atoms with Crippen LogP contribution in [0.4, 0.5) is 0 Å². The number of hydrogen-bond acceptors (Lipinski definition) is 1. The molecular weight excluding hydrogens is 173 g/mol. The van der Waals surface area contributed by atoms with Crippen LogP contribution >= 0.6 is 0 Å². The molecule has 0 radical (unpaired) electrons. The van der Waals surface area contributed by atoms with Gasteiger partial charge in [-0.15, -0.1) is 0 Å². The molecule has 52 valence electrons. The van der Waals surface area contributed by atoms with Crippen LogP contribution < -0.4 is 0 Å². The Morgan fingerprint density at radius 1 is 1.44 bits per heavy atom. The van der Waals surface area contributed by atoms with E-state index in [0.717, 1.165) is 6.61 Å². The Bertz CT molecular complexity index is 116. The van der Waals surface area contributed by atoms with Crippen molar-refractivity contribution in [3.63, 3.8) is 0 Å². The molecule has 0 spiro atoms. The van der Waals surface area contributed by atoms with E-state index in [1.165, 1.54) is 10.5 Å². The Balaban J connectivity index is 2.57. The molecule has 9 heavy (non-hydrogen) atoms. The van der Waals surface area contributed by atoms with Crippen LogP contribution in [0.1, 0.15) is 13.8 Å². The maximum atomic E-state index is 5.72. The SMILES string of the molecule is C[CH2][Ge]1([CH2]C)[CH]=CC[O]1. The van der Waals surface area contributed by atoms with Crippen LogP contribution in [0.3, 0.4) is 0 Å². The van der Waals surface area contributed by atoms with E-state index in [1.54, 1.807) is 0 Å². The van der Waals surface area contributed by atoms with Gasteiger partial charge in [-0.3, -0.25) is 0 Å². The molecule has 1 rings (SSSR count). The molecule has 0 amide bonds. The van der Waals surface area contributed by atoms with Crippen LogP contribution in [0.2, 0.25) is 10.5 Å². The Morgan fingerprint density at radius 3 is 2.33 bits per heavy atom. The van der Waals surface area contributed by atoms with Crippen molar-refractivity contribution in [3.8, 4) is 0 Å². The van der Waals surface area contributed by atoms with Crippen molar-refractivity contribution in [2.45, 2.75) is 24.4 Å². The summed E-state index contributed by atoms with van der Waals surface area (Å²) in [5, 5.41) is 2.57. The molecule has 0 saturated heterocycles. The summed E-state index contributed by atoms with van der Waals surface area (Å²) in [5.74, 6) is 0. The fraction of sp³-hybridized carbons (Fsp3) is 0.714. The minimum absolute atomic E-state index is 0.891. The fourth-order valence-electron chi connectivity index (χ4n) is 1.21. The molecule has 0 unspecified atom stereocenters. The van der Waals surface area contributed by atoms with Crippen molar-refractivity contribution in [1.29, 1.82) is 0 Å². The Kier molecular flexibility index (Phi) is 2.36. The van der Waals surface area contributed by atoms with E-state index in [4.69, 9.17) is 3.76 Å². The number of rotatable bonds is 2. The van der Waals surface area contributed by atoms with Gasteiger partial charge in [0.2, 0.25) is 0 Å². The van der Waals surface area contributed by atoms with Crippen molar-refractivity contribution in [2.24, 2.45) is 0 Å². The summed E-state index contributed by atoms with van der Waals surface area (Å²) < 4.78 is 5.72. The van der Waals surface area contributed by atoms with Gasteiger partial charge in [0.25, 0.3) is 0 Å². The second kappa shape index (κ2) is 2.88. The van der Waals surface area contributed by atoms with Crippen LogP contribution in [0.5, 0.6) is 0 Å². The van der Waals surface area contributed by atoms with E-state index in [-0.39, 0.29) is 0 Å². The van der Waals surface area contributed by atoms with Crippen LogP contribution in [0.15, 0.2) is 11.0 Å². The molecule has 0 aromatic heterocycles. The third kappa shape index (κ3) is 1.38. The van der Waals surface area contributed by atoms with Gasteiger partial charge < -0.3 is 0 Å². The topological polar surface area (TPSA) is 9.23 Å². The van der Waals surface area contributed by atoms with E-state index in [2.05, 4.69) is 24.8 Å². The van der Waals surface area contributed by atoms with Crippen LogP contribution in [-0.2, 0) is 3.76 Å². The van der Waals surface area contributed by atoms with E-state index in [0.29, 0.717) is 0 Å². The first kappa shape index (κ1) is 7.35. The number of hydrogen-bond donors (Lipinski definition) is 0. The predicted molar refractivity (Wildman–Crippen MR) is 41.8 cm³/mol. The molecule has 2 heteroatoms. The average Bonchev–Trinajstić information content (AvgIpc) is 2.36. The summed E-state index contributed by atoms with van der Waals surface area (Å²) >= 11 is -1.74. The summed E-state index contributed by atoms with van der Waals surface area (Å²) in [4.78, 5) is 2.38.